The van der Waals surface area contributed by atoms with Gasteiger partial charge in [0, 0.05) is 25.2 Å². The van der Waals surface area contributed by atoms with Crippen LogP contribution in [0, 0.1) is 0 Å². The Morgan fingerprint density at radius 1 is 1.00 bits per heavy atom. The zero-order valence-electron chi connectivity index (χ0n) is 19.6. The lowest BCUT2D eigenvalue weighted by molar-refractivity contribution is 0.0755. The van der Waals surface area contributed by atoms with E-state index in [1.807, 2.05) is 23.1 Å². The number of ether oxygens (including phenoxy) is 3. The maximum atomic E-state index is 13.6. The molecule has 6 heteroatoms. The summed E-state index contributed by atoms with van der Waals surface area (Å²) in [4.78, 5) is 17.9. The van der Waals surface area contributed by atoms with Crippen LogP contribution < -0.4 is 14.2 Å². The summed E-state index contributed by atoms with van der Waals surface area (Å²) < 4.78 is 16.3. The lowest BCUT2D eigenvalue weighted by Crippen LogP contribution is -2.39. The van der Waals surface area contributed by atoms with E-state index in [2.05, 4.69) is 30.0 Å². The van der Waals surface area contributed by atoms with Gasteiger partial charge in [0.15, 0.2) is 11.5 Å². The Hall–Kier alpha value is -2.99. The number of nitrogens with zero attached hydrogens (tertiary/aromatic N) is 2. The van der Waals surface area contributed by atoms with Crippen molar-refractivity contribution >= 4 is 12.0 Å². The van der Waals surface area contributed by atoms with Crippen molar-refractivity contribution in [2.75, 3.05) is 54.1 Å². The highest BCUT2D eigenvalue weighted by Gasteiger charge is 2.22. The second-order valence-corrected chi connectivity index (χ2v) is 8.09. The van der Waals surface area contributed by atoms with Gasteiger partial charge in [0.25, 0.3) is 5.91 Å². The van der Waals surface area contributed by atoms with Crippen LogP contribution in [0.1, 0.15) is 35.7 Å². The number of hydrogen-bond acceptors (Lipinski definition) is 5. The average molecular weight is 439 g/mol. The van der Waals surface area contributed by atoms with E-state index in [-0.39, 0.29) is 5.91 Å². The summed E-state index contributed by atoms with van der Waals surface area (Å²) in [5.74, 6) is 1.39. The van der Waals surface area contributed by atoms with E-state index in [9.17, 15) is 4.79 Å². The van der Waals surface area contributed by atoms with E-state index in [1.165, 1.54) is 12.8 Å². The van der Waals surface area contributed by atoms with Gasteiger partial charge < -0.3 is 24.0 Å². The lowest BCUT2D eigenvalue weighted by Gasteiger charge is -2.26. The molecule has 0 aliphatic carbocycles. The number of methoxy groups -OCH3 is 3. The van der Waals surface area contributed by atoms with Crippen molar-refractivity contribution in [1.29, 1.82) is 0 Å². The van der Waals surface area contributed by atoms with E-state index in [4.69, 9.17) is 14.2 Å². The number of rotatable bonds is 10. The Morgan fingerprint density at radius 2 is 1.62 bits per heavy atom. The Bertz CT molecular complexity index is 896. The first-order valence-corrected chi connectivity index (χ1v) is 11.1. The highest BCUT2D eigenvalue weighted by Crippen LogP contribution is 2.38. The lowest BCUT2D eigenvalue weighted by atomic mass is 10.1. The van der Waals surface area contributed by atoms with Gasteiger partial charge in [0.2, 0.25) is 5.75 Å². The molecular weight excluding hydrogens is 404 g/mol. The maximum absolute atomic E-state index is 13.6. The predicted octanol–water partition coefficient (Wildman–Crippen LogP) is 4.35. The average Bonchev–Trinajstić information content (AvgIpc) is 3.34. The second kappa shape index (κ2) is 11.6. The van der Waals surface area contributed by atoms with Crippen molar-refractivity contribution in [3.63, 3.8) is 0 Å². The molecule has 1 heterocycles. The van der Waals surface area contributed by atoms with E-state index in [0.717, 1.165) is 30.8 Å². The van der Waals surface area contributed by atoms with E-state index < -0.39 is 0 Å². The zero-order valence-corrected chi connectivity index (χ0v) is 19.6. The topological polar surface area (TPSA) is 51.2 Å². The first-order valence-electron chi connectivity index (χ1n) is 11.1. The molecule has 172 valence electrons. The summed E-state index contributed by atoms with van der Waals surface area (Å²) >= 11 is 0. The largest absolute Gasteiger partial charge is 0.493 e. The van der Waals surface area contributed by atoms with Crippen LogP contribution in [0.4, 0.5) is 0 Å². The first kappa shape index (κ1) is 23.7. The van der Waals surface area contributed by atoms with Crippen LogP contribution in [0.25, 0.3) is 6.08 Å². The second-order valence-electron chi connectivity index (χ2n) is 8.09. The minimum atomic E-state index is -0.0516. The van der Waals surface area contributed by atoms with Crippen molar-refractivity contribution in [2.45, 2.75) is 19.8 Å². The van der Waals surface area contributed by atoms with E-state index in [1.54, 1.807) is 33.5 Å². The Morgan fingerprint density at radius 3 is 2.19 bits per heavy atom. The third kappa shape index (κ3) is 6.04. The number of amides is 1. The molecule has 0 unspecified atom stereocenters. The van der Waals surface area contributed by atoms with Crippen molar-refractivity contribution in [1.82, 2.24) is 9.80 Å². The molecule has 1 fully saturated rings. The highest BCUT2D eigenvalue weighted by molar-refractivity contribution is 5.96. The van der Waals surface area contributed by atoms with Gasteiger partial charge in [-0.2, -0.15) is 0 Å². The summed E-state index contributed by atoms with van der Waals surface area (Å²) in [5, 5.41) is 0. The molecule has 2 aromatic carbocycles. The monoisotopic (exact) mass is 438 g/mol. The number of hydrogen-bond donors (Lipinski definition) is 0. The minimum Gasteiger partial charge on any atom is -0.493 e. The molecule has 0 saturated carbocycles. The summed E-state index contributed by atoms with van der Waals surface area (Å²) in [7, 11) is 4.68. The van der Waals surface area contributed by atoms with Gasteiger partial charge in [-0.05, 0) is 50.6 Å². The number of likely N-dealkylation sites (tertiary alicyclic amines) is 1. The molecule has 1 saturated heterocycles. The minimum absolute atomic E-state index is 0.0516. The van der Waals surface area contributed by atoms with Crippen LogP contribution >= 0.6 is 0 Å². The molecule has 0 N–H and O–H groups in total. The molecular formula is C26H34N2O4. The van der Waals surface area contributed by atoms with Gasteiger partial charge in [-0.15, -0.1) is 0 Å². The van der Waals surface area contributed by atoms with Gasteiger partial charge in [-0.25, -0.2) is 0 Å². The molecule has 0 spiro atoms. The molecule has 6 nitrogen and oxygen atoms in total. The normalized spacial score (nSPS) is 14.3. The molecule has 1 amide bonds. The summed E-state index contributed by atoms with van der Waals surface area (Å²) in [5.41, 5.74) is 2.77. The van der Waals surface area contributed by atoms with Gasteiger partial charge in [0.05, 0.1) is 21.3 Å². The quantitative estimate of drug-likeness (QED) is 0.552. The van der Waals surface area contributed by atoms with Crippen LogP contribution in [0.15, 0.2) is 48.0 Å². The molecule has 0 aromatic heterocycles. The highest BCUT2D eigenvalue weighted by atomic mass is 16.5. The molecule has 1 aliphatic rings. The van der Waals surface area contributed by atoms with Crippen molar-refractivity contribution in [3.8, 4) is 17.2 Å². The molecule has 0 atom stereocenters. The zero-order chi connectivity index (χ0) is 22.9. The van der Waals surface area contributed by atoms with Gasteiger partial charge in [-0.3, -0.25) is 4.79 Å². The first-order chi connectivity index (χ1) is 15.5. The number of carbonyl (C=O) groups is 1. The van der Waals surface area contributed by atoms with Crippen LogP contribution in [0.2, 0.25) is 0 Å². The standard InChI is InChI=1S/C26H34N2O4/c1-20(16-21-10-6-5-7-11-21)19-28(15-14-27-12-8-9-13-27)26(29)22-17-23(30-2)25(32-4)24(18-22)31-3/h5-7,10-11,16-18H,8-9,12-15,19H2,1-4H3. The fraction of sp³-hybridized carbons (Fsp3) is 0.423. The SMILES string of the molecule is COc1cc(C(=O)N(CCN2CCCC2)CC(C)=Cc2ccccc2)cc(OC)c1OC. The van der Waals surface area contributed by atoms with Gasteiger partial charge in [-0.1, -0.05) is 42.0 Å². The summed E-state index contributed by atoms with van der Waals surface area (Å²) in [6.45, 7) is 6.36. The van der Waals surface area contributed by atoms with Gasteiger partial charge >= 0.3 is 0 Å². The fourth-order valence-corrected chi connectivity index (χ4v) is 4.09. The molecule has 0 bridgehead atoms. The summed E-state index contributed by atoms with van der Waals surface area (Å²) in [6, 6.07) is 13.6. The number of carbonyl (C=O) groups excluding carboxylic acids is 1. The van der Waals surface area contributed by atoms with Crippen LogP contribution in [-0.2, 0) is 0 Å². The predicted molar refractivity (Wildman–Crippen MR) is 128 cm³/mol. The van der Waals surface area contributed by atoms with Crippen LogP contribution in [0.3, 0.4) is 0 Å². The van der Waals surface area contributed by atoms with Crippen LogP contribution in [0.5, 0.6) is 17.2 Å². The Kier molecular flexibility index (Phi) is 8.56. The molecule has 0 radical (unpaired) electrons. The third-order valence-electron chi connectivity index (χ3n) is 5.74. The number of benzene rings is 2. The van der Waals surface area contributed by atoms with E-state index >= 15 is 0 Å². The Balaban J connectivity index is 1.86. The maximum Gasteiger partial charge on any atom is 0.254 e. The summed E-state index contributed by atoms with van der Waals surface area (Å²) in [6.07, 6.45) is 4.59. The Labute approximate surface area is 191 Å². The molecule has 2 aromatic rings. The third-order valence-corrected chi connectivity index (χ3v) is 5.74. The van der Waals surface area contributed by atoms with Gasteiger partial charge in [0.1, 0.15) is 0 Å². The molecule has 3 rings (SSSR count). The van der Waals surface area contributed by atoms with Crippen LogP contribution in [-0.4, -0.2) is 69.8 Å². The molecule has 1 aliphatic heterocycles. The fourth-order valence-electron chi connectivity index (χ4n) is 4.09. The van der Waals surface area contributed by atoms with Crippen molar-refractivity contribution < 1.29 is 19.0 Å². The smallest absolute Gasteiger partial charge is 0.254 e. The molecule has 32 heavy (non-hydrogen) atoms. The van der Waals surface area contributed by atoms with Crippen molar-refractivity contribution in [2.24, 2.45) is 0 Å². The van der Waals surface area contributed by atoms with Crippen molar-refractivity contribution in [3.05, 3.63) is 59.2 Å². The van der Waals surface area contributed by atoms with E-state index in [0.29, 0.717) is 35.9 Å².